The van der Waals surface area contributed by atoms with Crippen LogP contribution in [0.2, 0.25) is 0 Å². The van der Waals surface area contributed by atoms with Gasteiger partial charge in [0.25, 0.3) is 0 Å². The van der Waals surface area contributed by atoms with Crippen LogP contribution in [-0.2, 0) is 9.59 Å². The Bertz CT molecular complexity index is 985. The van der Waals surface area contributed by atoms with Crippen molar-refractivity contribution in [1.29, 1.82) is 0 Å². The van der Waals surface area contributed by atoms with Crippen molar-refractivity contribution in [3.63, 3.8) is 0 Å². The Morgan fingerprint density at radius 1 is 1.11 bits per heavy atom. The number of para-hydroxylation sites is 2. The molecule has 0 bridgehead atoms. The number of nitrogens with zero attached hydrogens (tertiary/aromatic N) is 2. The van der Waals surface area contributed by atoms with Gasteiger partial charge in [-0.05, 0) is 24.3 Å². The van der Waals surface area contributed by atoms with Gasteiger partial charge in [-0.3, -0.25) is 14.6 Å². The summed E-state index contributed by atoms with van der Waals surface area (Å²) in [5.74, 6) is 0.210. The molecule has 6 nitrogen and oxygen atoms in total. The first-order chi connectivity index (χ1) is 13.7. The van der Waals surface area contributed by atoms with Gasteiger partial charge >= 0.3 is 0 Å². The lowest BCUT2D eigenvalue weighted by atomic mass is 10.1. The maximum absolute atomic E-state index is 12.4. The molecule has 1 N–H and O–H groups in total. The molecule has 1 saturated heterocycles. The molecular formula is C22H21N3O3. The molecule has 2 heterocycles. The van der Waals surface area contributed by atoms with Crippen molar-refractivity contribution < 1.29 is 14.3 Å². The van der Waals surface area contributed by atoms with Gasteiger partial charge in [0, 0.05) is 30.2 Å². The number of anilines is 1. The van der Waals surface area contributed by atoms with E-state index in [-0.39, 0.29) is 24.2 Å². The predicted octanol–water partition coefficient (Wildman–Crippen LogP) is 2.78. The Balaban J connectivity index is 1.29. The van der Waals surface area contributed by atoms with Gasteiger partial charge in [-0.15, -0.1) is 0 Å². The van der Waals surface area contributed by atoms with E-state index in [0.717, 1.165) is 16.6 Å². The molecule has 4 rings (SSSR count). The summed E-state index contributed by atoms with van der Waals surface area (Å²) in [5.41, 5.74) is 1.63. The predicted molar refractivity (Wildman–Crippen MR) is 107 cm³/mol. The van der Waals surface area contributed by atoms with Crippen LogP contribution >= 0.6 is 0 Å². The number of amides is 2. The molecule has 0 aliphatic carbocycles. The number of rotatable bonds is 6. The van der Waals surface area contributed by atoms with Crippen LogP contribution < -0.4 is 15.0 Å². The van der Waals surface area contributed by atoms with Crippen molar-refractivity contribution in [3.05, 3.63) is 66.9 Å². The molecule has 2 aromatic carbocycles. The highest BCUT2D eigenvalue weighted by atomic mass is 16.5. The van der Waals surface area contributed by atoms with Crippen LogP contribution in [0.3, 0.4) is 0 Å². The van der Waals surface area contributed by atoms with E-state index in [1.54, 1.807) is 11.1 Å². The average Bonchev–Trinajstić information content (AvgIpc) is 3.13. The second kappa shape index (κ2) is 8.08. The number of fused-ring (bicyclic) bond motifs is 1. The minimum Gasteiger partial charge on any atom is -0.489 e. The minimum absolute atomic E-state index is 0.0237. The summed E-state index contributed by atoms with van der Waals surface area (Å²) >= 11 is 0. The van der Waals surface area contributed by atoms with Crippen molar-refractivity contribution in [1.82, 2.24) is 10.3 Å². The van der Waals surface area contributed by atoms with E-state index in [9.17, 15) is 9.59 Å². The maximum atomic E-state index is 12.4. The topological polar surface area (TPSA) is 71.5 Å². The number of nitrogens with one attached hydrogen (secondary N) is 1. The Labute approximate surface area is 163 Å². The molecule has 28 heavy (non-hydrogen) atoms. The van der Waals surface area contributed by atoms with Crippen LogP contribution in [-0.4, -0.2) is 36.5 Å². The number of pyridine rings is 1. The summed E-state index contributed by atoms with van der Waals surface area (Å²) in [5, 5.41) is 3.88. The van der Waals surface area contributed by atoms with Crippen molar-refractivity contribution in [2.24, 2.45) is 5.92 Å². The highest BCUT2D eigenvalue weighted by Crippen LogP contribution is 2.25. The van der Waals surface area contributed by atoms with E-state index < -0.39 is 0 Å². The normalized spacial score (nSPS) is 16.4. The minimum atomic E-state index is -0.341. The quantitative estimate of drug-likeness (QED) is 0.673. The number of aromatic nitrogens is 1. The van der Waals surface area contributed by atoms with E-state index in [4.69, 9.17) is 4.74 Å². The van der Waals surface area contributed by atoms with Crippen LogP contribution in [0.25, 0.3) is 10.9 Å². The third-order valence-corrected chi connectivity index (χ3v) is 4.82. The monoisotopic (exact) mass is 375 g/mol. The number of carbonyl (C=O) groups excluding carboxylic acids is 2. The van der Waals surface area contributed by atoms with Gasteiger partial charge in [-0.2, -0.15) is 0 Å². The van der Waals surface area contributed by atoms with Crippen molar-refractivity contribution in [2.75, 3.05) is 24.6 Å². The van der Waals surface area contributed by atoms with Gasteiger partial charge in [0.15, 0.2) is 0 Å². The molecule has 1 atom stereocenters. The van der Waals surface area contributed by atoms with Crippen LogP contribution in [0.5, 0.6) is 5.75 Å². The third kappa shape index (κ3) is 3.81. The summed E-state index contributed by atoms with van der Waals surface area (Å²) in [6, 6.07) is 19.1. The number of hydrogen-bond donors (Lipinski definition) is 1. The summed E-state index contributed by atoms with van der Waals surface area (Å²) in [6.07, 6.45) is 1.96. The molecule has 0 spiro atoms. The van der Waals surface area contributed by atoms with Crippen LogP contribution in [0, 0.1) is 5.92 Å². The van der Waals surface area contributed by atoms with Gasteiger partial charge in [0.05, 0.1) is 12.5 Å². The Morgan fingerprint density at radius 2 is 1.93 bits per heavy atom. The molecule has 1 fully saturated rings. The Kier molecular flexibility index (Phi) is 5.19. The SMILES string of the molecule is O=C(NCCOc1cccc2cccnc12)C1CC(=O)N(c2ccccc2)C1. The highest BCUT2D eigenvalue weighted by Gasteiger charge is 2.34. The fraction of sp³-hybridized carbons (Fsp3) is 0.227. The van der Waals surface area contributed by atoms with E-state index in [1.165, 1.54) is 0 Å². The fourth-order valence-electron chi connectivity index (χ4n) is 3.41. The number of hydrogen-bond acceptors (Lipinski definition) is 4. The zero-order valence-corrected chi connectivity index (χ0v) is 15.4. The Hall–Kier alpha value is -3.41. The number of ether oxygens (including phenoxy) is 1. The zero-order chi connectivity index (χ0) is 19.3. The number of carbonyl (C=O) groups is 2. The smallest absolute Gasteiger partial charge is 0.227 e. The number of benzene rings is 2. The average molecular weight is 375 g/mol. The lowest BCUT2D eigenvalue weighted by Gasteiger charge is -2.16. The molecule has 0 radical (unpaired) electrons. The first kappa shape index (κ1) is 18.0. The highest BCUT2D eigenvalue weighted by molar-refractivity contribution is 6.00. The molecule has 2 amide bonds. The molecule has 0 saturated carbocycles. The van der Waals surface area contributed by atoms with Crippen LogP contribution in [0.4, 0.5) is 5.69 Å². The first-order valence-electron chi connectivity index (χ1n) is 9.32. The third-order valence-electron chi connectivity index (χ3n) is 4.82. The van der Waals surface area contributed by atoms with Gasteiger partial charge < -0.3 is 15.0 Å². The molecule has 142 valence electrons. The van der Waals surface area contributed by atoms with Gasteiger partial charge in [0.2, 0.25) is 11.8 Å². The molecule has 1 unspecified atom stereocenters. The second-order valence-corrected chi connectivity index (χ2v) is 6.71. The van der Waals surface area contributed by atoms with Crippen LogP contribution in [0.15, 0.2) is 66.9 Å². The molecular weight excluding hydrogens is 354 g/mol. The lowest BCUT2D eigenvalue weighted by Crippen LogP contribution is -2.35. The summed E-state index contributed by atoms with van der Waals surface area (Å²) in [7, 11) is 0. The lowest BCUT2D eigenvalue weighted by molar-refractivity contribution is -0.126. The zero-order valence-electron chi connectivity index (χ0n) is 15.4. The van der Waals surface area contributed by atoms with E-state index >= 15 is 0 Å². The van der Waals surface area contributed by atoms with Crippen molar-refractivity contribution in [2.45, 2.75) is 6.42 Å². The summed E-state index contributed by atoms with van der Waals surface area (Å²) in [4.78, 5) is 30.7. The molecule has 1 aliphatic rings. The van der Waals surface area contributed by atoms with Gasteiger partial charge in [0.1, 0.15) is 17.9 Å². The molecule has 1 aliphatic heterocycles. The van der Waals surface area contributed by atoms with E-state index in [0.29, 0.717) is 25.4 Å². The largest absolute Gasteiger partial charge is 0.489 e. The summed E-state index contributed by atoms with van der Waals surface area (Å²) < 4.78 is 5.79. The molecule has 6 heteroatoms. The summed E-state index contributed by atoms with van der Waals surface area (Å²) in [6.45, 7) is 1.12. The van der Waals surface area contributed by atoms with Crippen molar-refractivity contribution >= 4 is 28.4 Å². The fourth-order valence-corrected chi connectivity index (χ4v) is 3.41. The molecule has 1 aromatic heterocycles. The van der Waals surface area contributed by atoms with Gasteiger partial charge in [-0.25, -0.2) is 0 Å². The second-order valence-electron chi connectivity index (χ2n) is 6.71. The Morgan fingerprint density at radius 3 is 2.79 bits per heavy atom. The molecule has 3 aromatic rings. The van der Waals surface area contributed by atoms with E-state index in [1.807, 2.05) is 60.7 Å². The first-order valence-corrected chi connectivity index (χ1v) is 9.32. The maximum Gasteiger partial charge on any atom is 0.227 e. The van der Waals surface area contributed by atoms with Crippen molar-refractivity contribution in [3.8, 4) is 5.75 Å². The van der Waals surface area contributed by atoms with E-state index in [2.05, 4.69) is 10.3 Å². The standard InChI is InChI=1S/C22H21N3O3/c26-20-14-17(15-25(20)18-8-2-1-3-9-18)22(27)24-12-13-28-19-10-4-6-16-7-5-11-23-21(16)19/h1-11,17H,12-15H2,(H,24,27). The van der Waals surface area contributed by atoms with Crippen LogP contribution in [0.1, 0.15) is 6.42 Å². The van der Waals surface area contributed by atoms with Gasteiger partial charge in [-0.1, -0.05) is 36.4 Å².